The molecule has 0 saturated heterocycles. The van der Waals surface area contributed by atoms with Crippen LogP contribution in [0.2, 0.25) is 0 Å². The van der Waals surface area contributed by atoms with Crippen molar-refractivity contribution >= 4 is 33.5 Å². The number of aliphatic carboxylic acids is 1. The van der Waals surface area contributed by atoms with Crippen LogP contribution in [0.1, 0.15) is 6.42 Å². The number of carboxylic acids is 1. The quantitative estimate of drug-likeness (QED) is 0.434. The Kier molecular flexibility index (Phi) is 7.16. The van der Waals surface area contributed by atoms with E-state index in [1.165, 1.54) is 0 Å². The second-order valence-corrected chi connectivity index (χ2v) is 6.84. The van der Waals surface area contributed by atoms with Crippen LogP contribution in [0.15, 0.2) is 0 Å². The van der Waals surface area contributed by atoms with Gasteiger partial charge in [-0.15, -0.1) is 0 Å². The van der Waals surface area contributed by atoms with Gasteiger partial charge in [-0.05, 0) is 0 Å². The summed E-state index contributed by atoms with van der Waals surface area (Å²) in [6.45, 7) is 0. The molecule has 0 saturated carbocycles. The molecule has 0 aliphatic carbocycles. The lowest BCUT2D eigenvalue weighted by Crippen LogP contribution is -2.32. The second-order valence-electron chi connectivity index (χ2n) is 3.39. The van der Waals surface area contributed by atoms with E-state index < -0.39 is 27.8 Å². The van der Waals surface area contributed by atoms with Gasteiger partial charge < -0.3 is 16.6 Å². The fraction of sp³-hybridized carbons (Fsp3) is 0.750. The van der Waals surface area contributed by atoms with Crippen molar-refractivity contribution in [1.29, 1.82) is 0 Å². The first-order chi connectivity index (χ1) is 7.74. The molecule has 1 atom stereocenters. The number of carbonyl (C=O) groups excluding carboxylic acids is 1. The number of carbonyl (C=O) groups is 2. The minimum Gasteiger partial charge on any atom is -0.480 e. The van der Waals surface area contributed by atoms with Crippen LogP contribution in [0.3, 0.4) is 0 Å². The average Bonchev–Trinajstić information content (AvgIpc) is 2.21. The Balaban J connectivity index is 3.80. The minimum atomic E-state index is -3.30. The fourth-order valence-corrected chi connectivity index (χ4v) is 3.59. The molecular formula is C8H16N2O5S2. The smallest absolute Gasteiger partial charge is 0.321 e. The SMILES string of the molecule is NC(=O)CCS(=O)(=O)CCSCC(N)C(=O)O. The summed E-state index contributed by atoms with van der Waals surface area (Å²) in [5, 5.41) is 8.48. The van der Waals surface area contributed by atoms with E-state index in [4.69, 9.17) is 16.6 Å². The zero-order valence-electron chi connectivity index (χ0n) is 9.16. The fourth-order valence-electron chi connectivity index (χ4n) is 0.826. The molecule has 0 heterocycles. The lowest BCUT2D eigenvalue weighted by Gasteiger charge is -2.06. The zero-order chi connectivity index (χ0) is 13.5. The number of amides is 1. The third-order valence-electron chi connectivity index (χ3n) is 1.81. The van der Waals surface area contributed by atoms with Gasteiger partial charge in [0.15, 0.2) is 9.84 Å². The molecule has 0 fully saturated rings. The monoisotopic (exact) mass is 284 g/mol. The molecule has 0 rings (SSSR count). The maximum absolute atomic E-state index is 11.3. The van der Waals surface area contributed by atoms with E-state index in [-0.39, 0.29) is 29.4 Å². The van der Waals surface area contributed by atoms with Crippen LogP contribution in [0.25, 0.3) is 0 Å². The summed E-state index contributed by atoms with van der Waals surface area (Å²) in [5.41, 5.74) is 10.1. The Labute approximate surface area is 104 Å². The van der Waals surface area contributed by atoms with E-state index in [1.54, 1.807) is 0 Å². The second kappa shape index (κ2) is 7.51. The van der Waals surface area contributed by atoms with Crippen molar-refractivity contribution in [3.8, 4) is 0 Å². The highest BCUT2D eigenvalue weighted by Crippen LogP contribution is 2.05. The van der Waals surface area contributed by atoms with Gasteiger partial charge in [-0.3, -0.25) is 9.59 Å². The molecule has 17 heavy (non-hydrogen) atoms. The van der Waals surface area contributed by atoms with E-state index in [1.807, 2.05) is 0 Å². The predicted molar refractivity (Wildman–Crippen MR) is 65.4 cm³/mol. The molecule has 5 N–H and O–H groups in total. The highest BCUT2D eigenvalue weighted by Gasteiger charge is 2.14. The molecule has 9 heteroatoms. The summed E-state index contributed by atoms with van der Waals surface area (Å²) in [5.74, 6) is -1.75. The summed E-state index contributed by atoms with van der Waals surface area (Å²) in [7, 11) is -3.30. The van der Waals surface area contributed by atoms with Gasteiger partial charge in [0.05, 0.1) is 11.5 Å². The summed E-state index contributed by atoms with van der Waals surface area (Å²) in [6, 6.07) is -0.992. The summed E-state index contributed by atoms with van der Waals surface area (Å²) < 4.78 is 22.7. The number of carboxylic acid groups (broad SMARTS) is 1. The number of sulfone groups is 1. The van der Waals surface area contributed by atoms with Crippen molar-refractivity contribution in [3.63, 3.8) is 0 Å². The van der Waals surface area contributed by atoms with Crippen molar-refractivity contribution in [3.05, 3.63) is 0 Å². The molecule has 1 amide bonds. The number of nitrogens with two attached hydrogens (primary N) is 2. The average molecular weight is 284 g/mol. The van der Waals surface area contributed by atoms with Crippen LogP contribution in [0.5, 0.6) is 0 Å². The van der Waals surface area contributed by atoms with Gasteiger partial charge in [-0.2, -0.15) is 11.8 Å². The highest BCUT2D eigenvalue weighted by molar-refractivity contribution is 8.00. The lowest BCUT2D eigenvalue weighted by atomic mass is 10.4. The van der Waals surface area contributed by atoms with Crippen molar-refractivity contribution in [2.24, 2.45) is 11.5 Å². The van der Waals surface area contributed by atoms with Crippen LogP contribution in [-0.2, 0) is 19.4 Å². The molecule has 100 valence electrons. The van der Waals surface area contributed by atoms with Gasteiger partial charge in [0, 0.05) is 17.9 Å². The molecule has 1 unspecified atom stereocenters. The van der Waals surface area contributed by atoms with Gasteiger partial charge in [0.1, 0.15) is 6.04 Å². The number of primary amides is 1. The van der Waals surface area contributed by atoms with Crippen LogP contribution in [-0.4, -0.2) is 54.5 Å². The Bertz CT molecular complexity index is 368. The largest absolute Gasteiger partial charge is 0.480 e. The topological polar surface area (TPSA) is 141 Å². The molecule has 0 aromatic heterocycles. The maximum atomic E-state index is 11.3. The predicted octanol–water partition coefficient (Wildman–Crippen LogP) is -1.58. The summed E-state index contributed by atoms with van der Waals surface area (Å²) in [6.07, 6.45) is -0.193. The van der Waals surface area contributed by atoms with Gasteiger partial charge in [-0.1, -0.05) is 0 Å². The third-order valence-corrected chi connectivity index (χ3v) is 4.81. The van der Waals surface area contributed by atoms with Crippen LogP contribution >= 0.6 is 11.8 Å². The summed E-state index contributed by atoms with van der Waals surface area (Å²) in [4.78, 5) is 20.8. The first kappa shape index (κ1) is 16.2. The normalized spacial score (nSPS) is 13.2. The van der Waals surface area contributed by atoms with Gasteiger partial charge in [0.2, 0.25) is 5.91 Å². The number of hydrogen-bond acceptors (Lipinski definition) is 6. The molecule has 7 nitrogen and oxygen atoms in total. The Morgan fingerprint density at radius 1 is 1.29 bits per heavy atom. The van der Waals surface area contributed by atoms with E-state index in [0.717, 1.165) is 11.8 Å². The minimum absolute atomic E-state index is 0.114. The number of rotatable bonds is 9. The van der Waals surface area contributed by atoms with Crippen LogP contribution in [0, 0.1) is 0 Å². The van der Waals surface area contributed by atoms with E-state index in [0.29, 0.717) is 0 Å². The Hall–Kier alpha value is -0.800. The molecule has 0 bridgehead atoms. The van der Waals surface area contributed by atoms with Crippen LogP contribution in [0.4, 0.5) is 0 Å². The van der Waals surface area contributed by atoms with E-state index >= 15 is 0 Å². The lowest BCUT2D eigenvalue weighted by molar-refractivity contribution is -0.137. The number of thioether (sulfide) groups is 1. The van der Waals surface area contributed by atoms with Crippen molar-refractivity contribution in [2.75, 3.05) is 23.0 Å². The molecule has 0 aromatic carbocycles. The van der Waals surface area contributed by atoms with E-state index in [9.17, 15) is 18.0 Å². The van der Waals surface area contributed by atoms with E-state index in [2.05, 4.69) is 0 Å². The molecule has 0 spiro atoms. The molecule has 0 aromatic rings. The summed E-state index contributed by atoms with van der Waals surface area (Å²) >= 11 is 1.15. The number of hydrogen-bond donors (Lipinski definition) is 3. The molecule has 0 aliphatic heterocycles. The molecule has 0 radical (unpaired) electrons. The maximum Gasteiger partial charge on any atom is 0.321 e. The first-order valence-electron chi connectivity index (χ1n) is 4.79. The molecular weight excluding hydrogens is 268 g/mol. The Morgan fingerprint density at radius 3 is 2.35 bits per heavy atom. The van der Waals surface area contributed by atoms with Crippen LogP contribution < -0.4 is 11.5 Å². The first-order valence-corrected chi connectivity index (χ1v) is 7.77. The van der Waals surface area contributed by atoms with Gasteiger partial charge in [-0.25, -0.2) is 8.42 Å². The van der Waals surface area contributed by atoms with Crippen molar-refractivity contribution < 1.29 is 23.1 Å². The van der Waals surface area contributed by atoms with Gasteiger partial charge in [0.25, 0.3) is 0 Å². The standard InChI is InChI=1S/C8H16N2O5S2/c9-6(8(12)13)5-16-2-4-17(14,15)3-1-7(10)11/h6H,1-5,9H2,(H2,10,11)(H,12,13). The van der Waals surface area contributed by atoms with Gasteiger partial charge >= 0.3 is 5.97 Å². The molecule has 0 aliphatic rings. The van der Waals surface area contributed by atoms with Crippen molar-refractivity contribution in [1.82, 2.24) is 0 Å². The Morgan fingerprint density at radius 2 is 1.88 bits per heavy atom. The third kappa shape index (κ3) is 8.95. The van der Waals surface area contributed by atoms with Crippen molar-refractivity contribution in [2.45, 2.75) is 12.5 Å². The highest BCUT2D eigenvalue weighted by atomic mass is 32.2. The zero-order valence-corrected chi connectivity index (χ0v) is 10.8.